The van der Waals surface area contributed by atoms with Crippen LogP contribution in [0.25, 0.3) is 0 Å². The van der Waals surface area contributed by atoms with Gasteiger partial charge < -0.3 is 0 Å². The average molecular weight is 429 g/mol. The molecule has 2 unspecified atom stereocenters. The Hall–Kier alpha value is -1.54. The third kappa shape index (κ3) is 2.71. The topological polar surface area (TPSA) is 12.4 Å². The van der Waals surface area contributed by atoms with E-state index >= 15 is 0 Å². The van der Waals surface area contributed by atoms with E-state index < -0.39 is 53.2 Å². The fourth-order valence-corrected chi connectivity index (χ4v) is 1.90. The predicted octanol–water partition coefficient (Wildman–Crippen LogP) is 5.07. The monoisotopic (exact) mass is 429 g/mol. The SMILES string of the molecule is CC(F)C(F)(F)C(F)(F)C(F)(F)C(F)(F)C(F)(F)C(F)(F)[N+]1(C)C=CN=C1. The van der Waals surface area contributed by atoms with Crippen molar-refractivity contribution in [3.8, 4) is 0 Å². The molecule has 0 aromatic heterocycles. The minimum Gasteiger partial charge on any atom is -0.241 e. The van der Waals surface area contributed by atoms with Gasteiger partial charge in [0.2, 0.25) is 0 Å². The maximum Gasteiger partial charge on any atom is 0.471 e. The van der Waals surface area contributed by atoms with Gasteiger partial charge in [-0.25, -0.2) is 9.38 Å². The van der Waals surface area contributed by atoms with Gasteiger partial charge in [0.1, 0.15) is 6.20 Å². The summed E-state index contributed by atoms with van der Waals surface area (Å²) in [6, 6.07) is -6.25. The molecule has 1 heterocycles. The lowest BCUT2D eigenvalue weighted by molar-refractivity contribution is -0.884. The Bertz CT molecular complexity index is 623. The molecule has 1 rings (SSSR count). The number of nitrogens with zero attached hydrogens (tertiary/aromatic N) is 2. The van der Waals surface area contributed by atoms with Crippen molar-refractivity contribution in [3.05, 3.63) is 12.4 Å². The number of quaternary nitrogens is 1. The molecule has 158 valence electrons. The molecular formula is C12H10F13N2+. The first-order chi connectivity index (χ1) is 11.7. The Morgan fingerprint density at radius 3 is 1.48 bits per heavy atom. The van der Waals surface area contributed by atoms with Crippen molar-refractivity contribution in [3.63, 3.8) is 0 Å². The van der Waals surface area contributed by atoms with E-state index in [0.29, 0.717) is 6.20 Å². The molecule has 2 nitrogen and oxygen atoms in total. The summed E-state index contributed by atoms with van der Waals surface area (Å²) in [7, 11) is 0.0749. The fourth-order valence-electron chi connectivity index (χ4n) is 1.90. The van der Waals surface area contributed by atoms with Crippen LogP contribution < -0.4 is 0 Å². The Labute approximate surface area is 142 Å². The largest absolute Gasteiger partial charge is 0.471 e. The molecule has 0 fully saturated rings. The van der Waals surface area contributed by atoms with Crippen molar-refractivity contribution in [2.24, 2.45) is 4.99 Å². The van der Waals surface area contributed by atoms with Gasteiger partial charge in [0.15, 0.2) is 12.5 Å². The second-order valence-corrected chi connectivity index (χ2v) is 5.79. The van der Waals surface area contributed by atoms with Gasteiger partial charge in [-0.3, -0.25) is 0 Å². The molecule has 1 aliphatic rings. The van der Waals surface area contributed by atoms with Crippen molar-refractivity contribution < 1.29 is 61.6 Å². The van der Waals surface area contributed by atoms with Crippen molar-refractivity contribution in [1.82, 2.24) is 0 Å². The second kappa shape index (κ2) is 5.98. The number of hydrogen-bond acceptors (Lipinski definition) is 1. The van der Waals surface area contributed by atoms with E-state index in [1.54, 1.807) is 0 Å². The average Bonchev–Trinajstić information content (AvgIpc) is 2.94. The predicted molar refractivity (Wildman–Crippen MR) is 64.1 cm³/mol. The summed E-state index contributed by atoms with van der Waals surface area (Å²) in [5.41, 5.74) is 0. The van der Waals surface area contributed by atoms with Crippen LogP contribution in [0.3, 0.4) is 0 Å². The van der Waals surface area contributed by atoms with Crippen LogP contribution in [0, 0.1) is 0 Å². The summed E-state index contributed by atoms with van der Waals surface area (Å²) in [6.07, 6.45) is -3.91. The van der Waals surface area contributed by atoms with Gasteiger partial charge in [-0.05, 0) is 6.92 Å². The molecule has 0 aromatic rings. The van der Waals surface area contributed by atoms with E-state index in [-0.39, 0.29) is 19.6 Å². The lowest BCUT2D eigenvalue weighted by atomic mass is 9.91. The maximum absolute atomic E-state index is 13.9. The van der Waals surface area contributed by atoms with E-state index in [0.717, 1.165) is 0 Å². The van der Waals surface area contributed by atoms with Crippen molar-refractivity contribution in [2.75, 3.05) is 7.05 Å². The smallest absolute Gasteiger partial charge is 0.241 e. The van der Waals surface area contributed by atoms with Crippen LogP contribution >= 0.6 is 0 Å². The Morgan fingerprint density at radius 2 is 1.15 bits per heavy atom. The molecule has 0 aromatic carbocycles. The molecule has 0 N–H and O–H groups in total. The first-order valence-corrected chi connectivity index (χ1v) is 6.64. The normalized spacial score (nSPS) is 23.8. The molecule has 27 heavy (non-hydrogen) atoms. The molecule has 0 aliphatic carbocycles. The maximum atomic E-state index is 13.9. The van der Waals surface area contributed by atoms with Gasteiger partial charge in [-0.1, -0.05) is 0 Å². The fraction of sp³-hybridized carbons (Fsp3) is 0.750. The zero-order chi connectivity index (χ0) is 21.9. The first kappa shape index (κ1) is 23.5. The number of hydrogen-bond donors (Lipinski definition) is 0. The van der Waals surface area contributed by atoms with Crippen LogP contribution in [-0.4, -0.2) is 59.7 Å². The van der Waals surface area contributed by atoms with E-state index in [1.165, 1.54) is 0 Å². The molecule has 0 saturated heterocycles. The van der Waals surface area contributed by atoms with E-state index in [4.69, 9.17) is 0 Å². The van der Waals surface area contributed by atoms with Crippen LogP contribution in [0.15, 0.2) is 17.4 Å². The summed E-state index contributed by atoms with van der Waals surface area (Å²) in [5, 5.41) is 0. The highest BCUT2D eigenvalue weighted by atomic mass is 19.4. The Morgan fingerprint density at radius 1 is 0.741 bits per heavy atom. The third-order valence-corrected chi connectivity index (χ3v) is 3.85. The van der Waals surface area contributed by atoms with Gasteiger partial charge in [-0.2, -0.15) is 48.4 Å². The van der Waals surface area contributed by atoms with Crippen LogP contribution in [0.2, 0.25) is 0 Å². The lowest BCUT2D eigenvalue weighted by Crippen LogP contribution is -2.75. The van der Waals surface area contributed by atoms with Gasteiger partial charge >= 0.3 is 35.7 Å². The molecular weight excluding hydrogens is 419 g/mol. The van der Waals surface area contributed by atoms with E-state index in [1.807, 2.05) is 0 Å². The lowest BCUT2D eigenvalue weighted by Gasteiger charge is -2.43. The summed E-state index contributed by atoms with van der Waals surface area (Å²) >= 11 is 0. The Kier molecular flexibility index (Phi) is 5.20. The molecule has 0 bridgehead atoms. The highest BCUT2D eigenvalue weighted by Crippen LogP contribution is 2.61. The van der Waals surface area contributed by atoms with Crippen LogP contribution in [-0.2, 0) is 0 Å². The zero-order valence-corrected chi connectivity index (χ0v) is 13.1. The van der Waals surface area contributed by atoms with Gasteiger partial charge in [-0.15, -0.1) is 8.78 Å². The van der Waals surface area contributed by atoms with Crippen LogP contribution in [0.4, 0.5) is 57.1 Å². The first-order valence-electron chi connectivity index (χ1n) is 6.64. The molecule has 0 saturated carbocycles. The minimum atomic E-state index is -7.78. The van der Waals surface area contributed by atoms with E-state index in [2.05, 4.69) is 4.99 Å². The highest BCUT2D eigenvalue weighted by Gasteiger charge is 2.93. The Balaban J connectivity index is 3.58. The summed E-state index contributed by atoms with van der Waals surface area (Å²) in [5.74, 6) is -36.9. The highest BCUT2D eigenvalue weighted by molar-refractivity contribution is 5.51. The second-order valence-electron chi connectivity index (χ2n) is 5.79. The van der Waals surface area contributed by atoms with Gasteiger partial charge in [0, 0.05) is 0 Å². The van der Waals surface area contributed by atoms with Gasteiger partial charge in [0.25, 0.3) is 0 Å². The van der Waals surface area contributed by atoms with Gasteiger partial charge in [0.05, 0.1) is 13.2 Å². The molecule has 0 amide bonds. The molecule has 0 radical (unpaired) electrons. The number of halogens is 13. The summed E-state index contributed by atoms with van der Waals surface area (Å²) < 4.78 is 172. The van der Waals surface area contributed by atoms with Crippen molar-refractivity contribution in [2.45, 2.75) is 48.8 Å². The molecule has 1 aliphatic heterocycles. The quantitative estimate of drug-likeness (QED) is 0.305. The minimum absolute atomic E-state index is 0.0263. The van der Waals surface area contributed by atoms with Crippen LogP contribution in [0.5, 0.6) is 0 Å². The van der Waals surface area contributed by atoms with Crippen molar-refractivity contribution >= 4 is 6.34 Å². The summed E-state index contributed by atoms with van der Waals surface area (Å²) in [4.78, 5) is 2.87. The molecule has 2 atom stereocenters. The van der Waals surface area contributed by atoms with Crippen molar-refractivity contribution in [1.29, 1.82) is 0 Å². The zero-order valence-electron chi connectivity index (χ0n) is 13.1. The van der Waals surface area contributed by atoms with Crippen LogP contribution in [0.1, 0.15) is 6.92 Å². The number of alkyl halides is 13. The summed E-state index contributed by atoms with van der Waals surface area (Å²) in [6.45, 7) is -0.438. The molecule has 15 heteroatoms. The standard InChI is InChI=1S/C12H10F13N2/c1-6(13)7(14,15)8(16,17)9(18,19)10(20,21)11(22,23)12(24,25)27(2)4-3-26-5-27/h3-6H,1-2H3/q+1. The molecule has 0 spiro atoms. The third-order valence-electron chi connectivity index (χ3n) is 3.85. The number of aliphatic imine (C=N–C) groups is 1. The van der Waals surface area contributed by atoms with E-state index in [9.17, 15) is 57.1 Å². The number of rotatable bonds is 7.